The van der Waals surface area contributed by atoms with Gasteiger partial charge in [-0.25, -0.2) is 4.79 Å². The van der Waals surface area contributed by atoms with Gasteiger partial charge in [0.05, 0.1) is 11.8 Å². The Morgan fingerprint density at radius 2 is 2.06 bits per heavy atom. The second-order valence-corrected chi connectivity index (χ2v) is 3.96. The highest BCUT2D eigenvalue weighted by molar-refractivity contribution is 5.38. The zero-order chi connectivity index (χ0) is 12.4. The SMILES string of the molecule is CC(C)Oc1cccc(-n2nnn(C)c2=O)c1. The van der Waals surface area contributed by atoms with Crippen LogP contribution in [0.3, 0.4) is 0 Å². The van der Waals surface area contributed by atoms with Crippen molar-refractivity contribution >= 4 is 0 Å². The number of hydrogen-bond acceptors (Lipinski definition) is 4. The molecule has 90 valence electrons. The Balaban J connectivity index is 2.40. The summed E-state index contributed by atoms with van der Waals surface area (Å²) in [5, 5.41) is 7.43. The summed E-state index contributed by atoms with van der Waals surface area (Å²) in [6, 6.07) is 7.19. The first-order valence-electron chi connectivity index (χ1n) is 5.34. The summed E-state index contributed by atoms with van der Waals surface area (Å²) in [5.41, 5.74) is 0.355. The summed E-state index contributed by atoms with van der Waals surface area (Å²) < 4.78 is 7.96. The van der Waals surface area contributed by atoms with Gasteiger partial charge in [-0.15, -0.1) is 0 Å². The van der Waals surface area contributed by atoms with Gasteiger partial charge in [-0.2, -0.15) is 9.36 Å². The molecule has 2 rings (SSSR count). The molecule has 0 saturated heterocycles. The van der Waals surface area contributed by atoms with Crippen LogP contribution < -0.4 is 10.4 Å². The molecule has 0 spiro atoms. The summed E-state index contributed by atoms with van der Waals surface area (Å²) in [4.78, 5) is 11.7. The molecule has 2 aromatic rings. The lowest BCUT2D eigenvalue weighted by molar-refractivity contribution is 0.242. The van der Waals surface area contributed by atoms with E-state index in [1.54, 1.807) is 19.2 Å². The molecule has 17 heavy (non-hydrogen) atoms. The van der Waals surface area contributed by atoms with Crippen molar-refractivity contribution in [3.8, 4) is 11.4 Å². The molecule has 0 aliphatic heterocycles. The number of rotatable bonds is 3. The van der Waals surface area contributed by atoms with Gasteiger partial charge in [0.2, 0.25) is 0 Å². The maximum atomic E-state index is 11.7. The van der Waals surface area contributed by atoms with Gasteiger partial charge in [0.1, 0.15) is 5.75 Å². The first-order valence-corrected chi connectivity index (χ1v) is 5.34. The molecule has 0 aliphatic carbocycles. The summed E-state index contributed by atoms with van der Waals surface area (Å²) in [7, 11) is 1.56. The van der Waals surface area contributed by atoms with Gasteiger partial charge in [-0.05, 0) is 36.4 Å². The molecule has 0 fully saturated rings. The fourth-order valence-electron chi connectivity index (χ4n) is 1.44. The summed E-state index contributed by atoms with van der Waals surface area (Å²) in [6.45, 7) is 3.89. The van der Waals surface area contributed by atoms with Crippen molar-refractivity contribution in [2.75, 3.05) is 0 Å². The smallest absolute Gasteiger partial charge is 0.368 e. The Kier molecular flexibility index (Phi) is 2.95. The molecule has 0 saturated carbocycles. The molecule has 1 aromatic heterocycles. The Labute approximate surface area is 98.4 Å². The fourth-order valence-corrected chi connectivity index (χ4v) is 1.44. The lowest BCUT2D eigenvalue weighted by atomic mass is 10.3. The van der Waals surface area contributed by atoms with Crippen LogP contribution in [-0.2, 0) is 7.05 Å². The van der Waals surface area contributed by atoms with Crippen molar-refractivity contribution in [1.82, 2.24) is 19.8 Å². The Morgan fingerprint density at radius 1 is 1.29 bits per heavy atom. The molecule has 1 aromatic carbocycles. The number of tetrazole rings is 1. The quantitative estimate of drug-likeness (QED) is 0.786. The van der Waals surface area contributed by atoms with Crippen molar-refractivity contribution in [1.29, 1.82) is 0 Å². The highest BCUT2D eigenvalue weighted by atomic mass is 16.5. The van der Waals surface area contributed by atoms with Gasteiger partial charge in [0.15, 0.2) is 0 Å². The van der Waals surface area contributed by atoms with Crippen LogP contribution in [0.2, 0.25) is 0 Å². The highest BCUT2D eigenvalue weighted by Gasteiger charge is 2.07. The molecular formula is C11H14N4O2. The van der Waals surface area contributed by atoms with Gasteiger partial charge >= 0.3 is 5.69 Å². The minimum absolute atomic E-state index is 0.0869. The Hall–Kier alpha value is -2.11. The minimum Gasteiger partial charge on any atom is -0.491 e. The molecule has 0 bridgehead atoms. The van der Waals surface area contributed by atoms with Gasteiger partial charge in [-0.1, -0.05) is 6.07 Å². The predicted molar refractivity (Wildman–Crippen MR) is 62.4 cm³/mol. The van der Waals surface area contributed by atoms with Gasteiger partial charge in [-0.3, -0.25) is 0 Å². The summed E-state index contributed by atoms with van der Waals surface area (Å²) >= 11 is 0. The standard InChI is InChI=1S/C11H14N4O2/c1-8(2)17-10-6-4-5-9(7-10)15-11(16)14(3)12-13-15/h4-8H,1-3H3. The molecule has 6 heteroatoms. The zero-order valence-corrected chi connectivity index (χ0v) is 9.99. The summed E-state index contributed by atoms with van der Waals surface area (Å²) in [5.74, 6) is 0.704. The first kappa shape index (κ1) is 11.4. The van der Waals surface area contributed by atoms with Gasteiger partial charge in [0.25, 0.3) is 0 Å². The number of nitrogens with zero attached hydrogens (tertiary/aromatic N) is 4. The van der Waals surface area contributed by atoms with E-state index in [4.69, 9.17) is 4.74 Å². The van der Waals surface area contributed by atoms with Crippen molar-refractivity contribution in [3.05, 3.63) is 34.7 Å². The van der Waals surface area contributed by atoms with Crippen LogP contribution >= 0.6 is 0 Å². The topological polar surface area (TPSA) is 61.9 Å². The third-order valence-corrected chi connectivity index (χ3v) is 2.16. The number of aromatic nitrogens is 4. The van der Waals surface area contributed by atoms with Crippen LogP contribution in [0.25, 0.3) is 5.69 Å². The van der Waals surface area contributed by atoms with E-state index in [0.29, 0.717) is 11.4 Å². The molecule has 1 heterocycles. The fraction of sp³-hybridized carbons (Fsp3) is 0.364. The van der Waals surface area contributed by atoms with Crippen molar-refractivity contribution in [2.24, 2.45) is 7.05 Å². The van der Waals surface area contributed by atoms with E-state index in [1.807, 2.05) is 26.0 Å². The molecular weight excluding hydrogens is 220 g/mol. The van der Waals surface area contributed by atoms with Crippen LogP contribution in [-0.4, -0.2) is 25.9 Å². The van der Waals surface area contributed by atoms with Crippen LogP contribution in [0.1, 0.15) is 13.8 Å². The van der Waals surface area contributed by atoms with Crippen LogP contribution in [0.15, 0.2) is 29.1 Å². The van der Waals surface area contributed by atoms with E-state index in [9.17, 15) is 4.79 Å². The number of benzene rings is 1. The van der Waals surface area contributed by atoms with Crippen LogP contribution in [0, 0.1) is 0 Å². The van der Waals surface area contributed by atoms with Crippen molar-refractivity contribution in [2.45, 2.75) is 20.0 Å². The normalized spacial score (nSPS) is 10.8. The molecule has 0 aliphatic rings. The van der Waals surface area contributed by atoms with E-state index in [-0.39, 0.29) is 11.8 Å². The first-order chi connectivity index (χ1) is 8.08. The van der Waals surface area contributed by atoms with Crippen molar-refractivity contribution in [3.63, 3.8) is 0 Å². The molecule has 0 N–H and O–H groups in total. The monoisotopic (exact) mass is 234 g/mol. The lowest BCUT2D eigenvalue weighted by Gasteiger charge is -2.10. The molecule has 6 nitrogen and oxygen atoms in total. The van der Waals surface area contributed by atoms with E-state index < -0.39 is 0 Å². The Bertz CT molecular complexity index is 571. The largest absolute Gasteiger partial charge is 0.491 e. The zero-order valence-electron chi connectivity index (χ0n) is 9.99. The molecule has 0 atom stereocenters. The van der Waals surface area contributed by atoms with E-state index >= 15 is 0 Å². The van der Waals surface area contributed by atoms with Crippen LogP contribution in [0.5, 0.6) is 5.75 Å². The Morgan fingerprint density at radius 3 is 2.65 bits per heavy atom. The van der Waals surface area contributed by atoms with E-state index in [0.717, 1.165) is 0 Å². The number of ether oxygens (including phenoxy) is 1. The molecule has 0 radical (unpaired) electrons. The lowest BCUT2D eigenvalue weighted by Crippen LogP contribution is -2.21. The van der Waals surface area contributed by atoms with E-state index in [2.05, 4.69) is 10.4 Å². The molecule has 0 unspecified atom stereocenters. The minimum atomic E-state index is -0.285. The van der Waals surface area contributed by atoms with Crippen molar-refractivity contribution < 1.29 is 4.74 Å². The maximum Gasteiger partial charge on any atom is 0.368 e. The highest BCUT2D eigenvalue weighted by Crippen LogP contribution is 2.16. The van der Waals surface area contributed by atoms with Gasteiger partial charge < -0.3 is 4.74 Å². The predicted octanol–water partition coefficient (Wildman–Crippen LogP) is 0.753. The average molecular weight is 234 g/mol. The maximum absolute atomic E-state index is 11.7. The number of aryl methyl sites for hydroxylation is 1. The second-order valence-electron chi connectivity index (χ2n) is 3.96. The van der Waals surface area contributed by atoms with Crippen LogP contribution in [0.4, 0.5) is 0 Å². The third kappa shape index (κ3) is 2.35. The third-order valence-electron chi connectivity index (χ3n) is 2.16. The second kappa shape index (κ2) is 4.40. The van der Waals surface area contributed by atoms with E-state index in [1.165, 1.54) is 9.36 Å². The number of hydrogen-bond donors (Lipinski definition) is 0. The van der Waals surface area contributed by atoms with Gasteiger partial charge in [0, 0.05) is 13.1 Å². The summed E-state index contributed by atoms with van der Waals surface area (Å²) in [6.07, 6.45) is 0.0869. The molecule has 0 amide bonds. The average Bonchev–Trinajstić information content (AvgIpc) is 2.59.